The van der Waals surface area contributed by atoms with Gasteiger partial charge < -0.3 is 15.2 Å². The summed E-state index contributed by atoms with van der Waals surface area (Å²) in [6.07, 6.45) is 2.42. The second-order valence-electron chi connectivity index (χ2n) is 7.04. The van der Waals surface area contributed by atoms with E-state index >= 15 is 0 Å². The highest BCUT2D eigenvalue weighted by Gasteiger charge is 2.25. The van der Waals surface area contributed by atoms with E-state index in [-0.39, 0.29) is 5.41 Å². The van der Waals surface area contributed by atoms with E-state index in [9.17, 15) is 0 Å². The molecular weight excluding hydrogens is 264 g/mol. The van der Waals surface area contributed by atoms with Crippen molar-refractivity contribution in [3.8, 4) is 0 Å². The van der Waals surface area contributed by atoms with Gasteiger partial charge in [0.25, 0.3) is 0 Å². The fourth-order valence-corrected chi connectivity index (χ4v) is 2.59. The first-order valence-electron chi connectivity index (χ1n) is 7.59. The number of hydrazine groups is 1. The second-order valence-corrected chi connectivity index (χ2v) is 7.04. The number of anilines is 2. The summed E-state index contributed by atoms with van der Waals surface area (Å²) in [6.45, 7) is 8.38. The Morgan fingerprint density at radius 2 is 2.05 bits per heavy atom. The van der Waals surface area contributed by atoms with Gasteiger partial charge in [-0.1, -0.05) is 20.8 Å². The number of nitrogens with zero attached hydrogens (tertiary/aromatic N) is 4. The SMILES string of the molecule is CN(C)C1CCCN(c2cc(NN)nc(C(C)(C)C)n2)C1. The maximum atomic E-state index is 5.57. The molecule has 0 spiro atoms. The summed E-state index contributed by atoms with van der Waals surface area (Å²) in [4.78, 5) is 13.9. The van der Waals surface area contributed by atoms with Gasteiger partial charge in [-0.3, -0.25) is 0 Å². The number of hydrogen-bond donors (Lipinski definition) is 2. The van der Waals surface area contributed by atoms with E-state index in [0.29, 0.717) is 11.9 Å². The minimum absolute atomic E-state index is 0.0989. The summed E-state index contributed by atoms with van der Waals surface area (Å²) >= 11 is 0. The van der Waals surface area contributed by atoms with Gasteiger partial charge in [0.1, 0.15) is 17.5 Å². The second kappa shape index (κ2) is 6.15. The lowest BCUT2D eigenvalue weighted by Crippen LogP contribution is -2.45. The summed E-state index contributed by atoms with van der Waals surface area (Å²) in [5.41, 5.74) is 2.57. The highest BCUT2D eigenvalue weighted by molar-refractivity contribution is 5.50. The number of nitrogens with two attached hydrogens (primary N) is 1. The van der Waals surface area contributed by atoms with Gasteiger partial charge in [0.05, 0.1) is 0 Å². The van der Waals surface area contributed by atoms with Crippen LogP contribution >= 0.6 is 0 Å². The predicted molar refractivity (Wildman–Crippen MR) is 87.5 cm³/mol. The maximum Gasteiger partial charge on any atom is 0.145 e. The van der Waals surface area contributed by atoms with Crippen LogP contribution in [0.25, 0.3) is 0 Å². The molecule has 1 aromatic rings. The Morgan fingerprint density at radius 1 is 1.33 bits per heavy atom. The molecule has 3 N–H and O–H groups in total. The van der Waals surface area contributed by atoms with Crippen molar-refractivity contribution in [3.05, 3.63) is 11.9 Å². The zero-order valence-electron chi connectivity index (χ0n) is 13.8. The Kier molecular flexibility index (Phi) is 4.68. The molecule has 1 aliphatic heterocycles. The third kappa shape index (κ3) is 3.83. The van der Waals surface area contributed by atoms with Crippen molar-refractivity contribution in [2.75, 3.05) is 37.5 Å². The average molecular weight is 292 g/mol. The van der Waals surface area contributed by atoms with E-state index in [1.165, 1.54) is 12.8 Å². The fraction of sp³-hybridized carbons (Fsp3) is 0.733. The summed E-state index contributed by atoms with van der Waals surface area (Å²) < 4.78 is 0. The molecule has 6 heteroatoms. The smallest absolute Gasteiger partial charge is 0.145 e. The lowest BCUT2D eigenvalue weighted by atomic mass is 9.95. The zero-order chi connectivity index (χ0) is 15.6. The number of hydrogen-bond acceptors (Lipinski definition) is 6. The molecule has 6 nitrogen and oxygen atoms in total. The van der Waals surface area contributed by atoms with Crippen molar-refractivity contribution in [3.63, 3.8) is 0 Å². The van der Waals surface area contributed by atoms with Crippen LogP contribution in [0.1, 0.15) is 39.4 Å². The van der Waals surface area contributed by atoms with Gasteiger partial charge in [0.2, 0.25) is 0 Å². The first kappa shape index (κ1) is 16.0. The van der Waals surface area contributed by atoms with E-state index < -0.39 is 0 Å². The average Bonchev–Trinajstić information content (AvgIpc) is 2.46. The lowest BCUT2D eigenvalue weighted by Gasteiger charge is -2.37. The van der Waals surface area contributed by atoms with Crippen LogP contribution in [0.5, 0.6) is 0 Å². The van der Waals surface area contributed by atoms with Crippen LogP contribution in [0, 0.1) is 0 Å². The number of aromatic nitrogens is 2. The Hall–Kier alpha value is -1.40. The van der Waals surface area contributed by atoms with Crippen LogP contribution in [0.4, 0.5) is 11.6 Å². The van der Waals surface area contributed by atoms with Crippen LogP contribution < -0.4 is 16.2 Å². The zero-order valence-corrected chi connectivity index (χ0v) is 13.8. The molecule has 21 heavy (non-hydrogen) atoms. The highest BCUT2D eigenvalue weighted by Crippen LogP contribution is 2.26. The molecule has 0 aliphatic carbocycles. The third-order valence-electron chi connectivity index (χ3n) is 3.98. The molecular formula is C15H28N6. The van der Waals surface area contributed by atoms with Gasteiger partial charge in [-0.25, -0.2) is 15.8 Å². The standard InChI is InChI=1S/C15H28N6/c1-15(2,3)14-17-12(19-16)9-13(18-14)21-8-6-7-11(10-21)20(4)5/h9,11H,6-8,10,16H2,1-5H3,(H,17,18,19). The molecule has 1 fully saturated rings. The first-order chi connectivity index (χ1) is 9.81. The molecule has 0 saturated carbocycles. The topological polar surface area (TPSA) is 70.3 Å². The Labute approximate surface area is 127 Å². The Bertz CT molecular complexity index is 480. The summed E-state index contributed by atoms with van der Waals surface area (Å²) in [7, 11) is 4.28. The molecule has 118 valence electrons. The quantitative estimate of drug-likeness (QED) is 0.651. The van der Waals surface area contributed by atoms with Crippen molar-refractivity contribution in [1.82, 2.24) is 14.9 Å². The van der Waals surface area contributed by atoms with E-state index in [0.717, 1.165) is 24.7 Å². The summed E-state index contributed by atoms with van der Waals surface area (Å²) in [5.74, 6) is 8.03. The van der Waals surface area contributed by atoms with Crippen LogP contribution in [0.15, 0.2) is 6.07 Å². The number of piperidine rings is 1. The first-order valence-corrected chi connectivity index (χ1v) is 7.59. The molecule has 1 aromatic heterocycles. The third-order valence-corrected chi connectivity index (χ3v) is 3.98. The van der Waals surface area contributed by atoms with E-state index in [1.807, 2.05) is 6.07 Å². The molecule has 1 saturated heterocycles. The van der Waals surface area contributed by atoms with E-state index in [1.54, 1.807) is 0 Å². The van der Waals surface area contributed by atoms with Gasteiger partial charge in [-0.15, -0.1) is 0 Å². The molecule has 2 rings (SSSR count). The highest BCUT2D eigenvalue weighted by atomic mass is 15.3. The number of nitrogens with one attached hydrogen (secondary N) is 1. The van der Waals surface area contributed by atoms with Crippen molar-refractivity contribution in [1.29, 1.82) is 0 Å². The molecule has 1 aliphatic rings. The van der Waals surface area contributed by atoms with Gasteiger partial charge in [0.15, 0.2) is 0 Å². The van der Waals surface area contributed by atoms with Crippen molar-refractivity contribution in [2.45, 2.75) is 45.1 Å². The normalized spacial score (nSPS) is 20.0. The van der Waals surface area contributed by atoms with Crippen LogP contribution in [0.2, 0.25) is 0 Å². The molecule has 2 heterocycles. The number of likely N-dealkylation sites (N-methyl/N-ethyl adjacent to an activating group) is 1. The number of rotatable bonds is 3. The van der Waals surface area contributed by atoms with Gasteiger partial charge in [-0.05, 0) is 26.9 Å². The summed E-state index contributed by atoms with van der Waals surface area (Å²) in [5, 5.41) is 0. The number of nitrogen functional groups attached to an aromatic ring is 1. The monoisotopic (exact) mass is 292 g/mol. The molecule has 1 unspecified atom stereocenters. The molecule has 0 amide bonds. The largest absolute Gasteiger partial charge is 0.355 e. The van der Waals surface area contributed by atoms with Crippen LogP contribution in [-0.2, 0) is 5.41 Å². The Balaban J connectivity index is 2.30. The molecule has 0 radical (unpaired) electrons. The fourth-order valence-electron chi connectivity index (χ4n) is 2.59. The summed E-state index contributed by atoms with van der Waals surface area (Å²) in [6, 6.07) is 2.51. The van der Waals surface area contributed by atoms with Crippen LogP contribution in [0.3, 0.4) is 0 Å². The minimum Gasteiger partial charge on any atom is -0.355 e. The van der Waals surface area contributed by atoms with Crippen LogP contribution in [-0.4, -0.2) is 48.1 Å². The predicted octanol–water partition coefficient (Wildman–Crippen LogP) is 1.59. The van der Waals surface area contributed by atoms with Gasteiger partial charge >= 0.3 is 0 Å². The molecule has 0 aromatic carbocycles. The van der Waals surface area contributed by atoms with E-state index in [2.05, 4.69) is 55.1 Å². The van der Waals surface area contributed by atoms with Gasteiger partial charge in [0, 0.05) is 30.6 Å². The van der Waals surface area contributed by atoms with E-state index in [4.69, 9.17) is 10.8 Å². The van der Waals surface area contributed by atoms with Crippen molar-refractivity contribution < 1.29 is 0 Å². The molecule has 0 bridgehead atoms. The minimum atomic E-state index is -0.0989. The van der Waals surface area contributed by atoms with Crippen molar-refractivity contribution in [2.24, 2.45) is 5.84 Å². The maximum absolute atomic E-state index is 5.57. The van der Waals surface area contributed by atoms with Crippen molar-refractivity contribution >= 4 is 11.6 Å². The van der Waals surface area contributed by atoms with Gasteiger partial charge in [-0.2, -0.15) is 0 Å². The Morgan fingerprint density at radius 3 is 2.62 bits per heavy atom. The molecule has 1 atom stereocenters. The lowest BCUT2D eigenvalue weighted by molar-refractivity contribution is 0.257.